The molecule has 1 fully saturated rings. The fraction of sp³-hybridized carbons (Fsp3) is 0.250. The average Bonchev–Trinajstić information content (AvgIpc) is 3.15. The van der Waals surface area contributed by atoms with E-state index >= 15 is 0 Å². The van der Waals surface area contributed by atoms with Crippen molar-refractivity contribution in [2.75, 3.05) is 6.54 Å². The largest absolute Gasteiger partial charge is 0.334 e. The minimum atomic E-state index is -0.220. The van der Waals surface area contributed by atoms with Gasteiger partial charge in [0, 0.05) is 11.9 Å². The summed E-state index contributed by atoms with van der Waals surface area (Å²) in [6, 6.07) is 17.5. The van der Waals surface area contributed by atoms with Gasteiger partial charge in [0.2, 0.25) is 5.91 Å². The summed E-state index contributed by atoms with van der Waals surface area (Å²) in [5.41, 5.74) is 0.925. The molecule has 4 rings (SSSR count). The van der Waals surface area contributed by atoms with E-state index in [9.17, 15) is 9.59 Å². The summed E-state index contributed by atoms with van der Waals surface area (Å²) in [6.07, 6.45) is 3.57. The molecule has 3 aromatic rings. The Morgan fingerprint density at radius 3 is 2.68 bits per heavy atom. The van der Waals surface area contributed by atoms with E-state index in [0.717, 1.165) is 30.3 Å². The van der Waals surface area contributed by atoms with Gasteiger partial charge in [-0.2, -0.15) is 5.10 Å². The van der Waals surface area contributed by atoms with E-state index in [1.807, 2.05) is 41.3 Å². The Morgan fingerprint density at radius 2 is 1.84 bits per heavy atom. The zero-order chi connectivity index (χ0) is 17.2. The molecule has 1 saturated heterocycles. The number of fused-ring (bicyclic) bond motifs is 1. The summed E-state index contributed by atoms with van der Waals surface area (Å²) >= 11 is 0. The van der Waals surface area contributed by atoms with Crippen LogP contribution in [0.4, 0.5) is 0 Å². The second kappa shape index (κ2) is 6.51. The standard InChI is InChI=1S/C20H19N3O2/c24-19(22-12-6-11-18(22)15-7-2-1-3-8-15)14-23-20(25)17-10-5-4-9-16(17)13-21-23/h1-5,7-10,13,18H,6,11-12,14H2. The third kappa shape index (κ3) is 2.93. The molecule has 0 radical (unpaired) electrons. The van der Waals surface area contributed by atoms with Crippen LogP contribution in [0.2, 0.25) is 0 Å². The molecular formula is C20H19N3O2. The first-order valence-electron chi connectivity index (χ1n) is 8.53. The van der Waals surface area contributed by atoms with Crippen molar-refractivity contribution in [3.05, 3.63) is 76.7 Å². The number of nitrogens with zero attached hydrogens (tertiary/aromatic N) is 3. The van der Waals surface area contributed by atoms with Crippen LogP contribution in [0.1, 0.15) is 24.4 Å². The number of hydrogen-bond acceptors (Lipinski definition) is 3. The Balaban J connectivity index is 1.60. The fourth-order valence-corrected chi connectivity index (χ4v) is 3.55. The highest BCUT2D eigenvalue weighted by atomic mass is 16.2. The van der Waals surface area contributed by atoms with Crippen LogP contribution in [0, 0.1) is 0 Å². The smallest absolute Gasteiger partial charge is 0.275 e. The number of rotatable bonds is 3. The molecular weight excluding hydrogens is 314 g/mol. The van der Waals surface area contributed by atoms with E-state index in [-0.39, 0.29) is 24.1 Å². The minimum Gasteiger partial charge on any atom is -0.334 e. The van der Waals surface area contributed by atoms with Crippen molar-refractivity contribution >= 4 is 16.7 Å². The second-order valence-electron chi connectivity index (χ2n) is 6.35. The number of benzene rings is 2. The fourth-order valence-electron chi connectivity index (χ4n) is 3.55. The highest BCUT2D eigenvalue weighted by Crippen LogP contribution is 2.31. The number of carbonyl (C=O) groups excluding carboxylic acids is 1. The molecule has 5 heteroatoms. The lowest BCUT2D eigenvalue weighted by Gasteiger charge is -2.25. The predicted octanol–water partition coefficient (Wildman–Crippen LogP) is 2.76. The molecule has 1 amide bonds. The summed E-state index contributed by atoms with van der Waals surface area (Å²) in [6.45, 7) is 0.702. The average molecular weight is 333 g/mol. The van der Waals surface area contributed by atoms with E-state index in [2.05, 4.69) is 17.2 Å². The summed E-state index contributed by atoms with van der Waals surface area (Å²) in [7, 11) is 0. The van der Waals surface area contributed by atoms with E-state index in [0.29, 0.717) is 5.39 Å². The molecule has 0 N–H and O–H groups in total. The Morgan fingerprint density at radius 1 is 1.08 bits per heavy atom. The number of likely N-dealkylation sites (tertiary alicyclic amines) is 1. The summed E-state index contributed by atoms with van der Waals surface area (Å²) in [5, 5.41) is 5.55. The topological polar surface area (TPSA) is 55.2 Å². The molecule has 2 aromatic carbocycles. The normalized spacial score (nSPS) is 17.1. The van der Waals surface area contributed by atoms with Gasteiger partial charge in [0.25, 0.3) is 5.56 Å². The molecule has 1 aliphatic rings. The van der Waals surface area contributed by atoms with Gasteiger partial charge in [-0.25, -0.2) is 4.68 Å². The Kier molecular flexibility index (Phi) is 4.06. The molecule has 1 atom stereocenters. The van der Waals surface area contributed by atoms with Crippen molar-refractivity contribution in [2.24, 2.45) is 0 Å². The number of hydrogen-bond donors (Lipinski definition) is 0. The maximum absolute atomic E-state index is 12.8. The van der Waals surface area contributed by atoms with Crippen LogP contribution in [-0.2, 0) is 11.3 Å². The molecule has 0 bridgehead atoms. The highest BCUT2D eigenvalue weighted by Gasteiger charge is 2.30. The Labute approximate surface area is 145 Å². The van der Waals surface area contributed by atoms with Gasteiger partial charge in [-0.15, -0.1) is 0 Å². The van der Waals surface area contributed by atoms with E-state index in [4.69, 9.17) is 0 Å². The summed E-state index contributed by atoms with van der Waals surface area (Å²) in [4.78, 5) is 27.2. The molecule has 5 nitrogen and oxygen atoms in total. The molecule has 1 unspecified atom stereocenters. The van der Waals surface area contributed by atoms with Gasteiger partial charge in [0.15, 0.2) is 0 Å². The first-order valence-corrected chi connectivity index (χ1v) is 8.53. The van der Waals surface area contributed by atoms with Crippen LogP contribution >= 0.6 is 0 Å². The lowest BCUT2D eigenvalue weighted by Crippen LogP contribution is -2.37. The first kappa shape index (κ1) is 15.6. The molecule has 25 heavy (non-hydrogen) atoms. The van der Waals surface area contributed by atoms with Crippen molar-refractivity contribution in [1.82, 2.24) is 14.7 Å². The van der Waals surface area contributed by atoms with Crippen LogP contribution in [-0.4, -0.2) is 27.1 Å². The molecule has 1 aromatic heterocycles. The predicted molar refractivity (Wildman–Crippen MR) is 96.1 cm³/mol. The zero-order valence-electron chi connectivity index (χ0n) is 13.8. The first-order chi connectivity index (χ1) is 12.2. The molecule has 0 aliphatic carbocycles. The monoisotopic (exact) mass is 333 g/mol. The van der Waals surface area contributed by atoms with E-state index < -0.39 is 0 Å². The van der Waals surface area contributed by atoms with Gasteiger partial charge in [-0.3, -0.25) is 9.59 Å². The Hall–Kier alpha value is -2.95. The zero-order valence-corrected chi connectivity index (χ0v) is 13.8. The van der Waals surface area contributed by atoms with Gasteiger partial charge >= 0.3 is 0 Å². The third-order valence-electron chi connectivity index (χ3n) is 4.80. The SMILES string of the molecule is O=C(Cn1ncc2ccccc2c1=O)N1CCCC1c1ccccc1. The lowest BCUT2D eigenvalue weighted by atomic mass is 10.0. The maximum Gasteiger partial charge on any atom is 0.275 e. The van der Waals surface area contributed by atoms with Crippen LogP contribution in [0.25, 0.3) is 10.8 Å². The molecule has 2 heterocycles. The van der Waals surface area contributed by atoms with Crippen LogP contribution in [0.3, 0.4) is 0 Å². The number of aromatic nitrogens is 2. The molecule has 0 saturated carbocycles. The number of carbonyl (C=O) groups is 1. The van der Waals surface area contributed by atoms with Crippen molar-refractivity contribution in [1.29, 1.82) is 0 Å². The van der Waals surface area contributed by atoms with E-state index in [1.165, 1.54) is 4.68 Å². The summed E-state index contributed by atoms with van der Waals surface area (Å²) in [5.74, 6) is -0.0590. The minimum absolute atomic E-state index is 0.0208. The third-order valence-corrected chi connectivity index (χ3v) is 4.80. The molecule has 1 aliphatic heterocycles. The second-order valence-corrected chi connectivity index (χ2v) is 6.35. The summed E-state index contributed by atoms with van der Waals surface area (Å²) < 4.78 is 1.27. The van der Waals surface area contributed by atoms with Gasteiger partial charge in [-0.1, -0.05) is 48.5 Å². The number of amides is 1. The molecule has 0 spiro atoms. The van der Waals surface area contributed by atoms with Gasteiger partial charge in [0.1, 0.15) is 6.54 Å². The van der Waals surface area contributed by atoms with Crippen molar-refractivity contribution in [3.8, 4) is 0 Å². The molecule has 126 valence electrons. The van der Waals surface area contributed by atoms with Gasteiger partial charge in [0.05, 0.1) is 17.6 Å². The van der Waals surface area contributed by atoms with E-state index in [1.54, 1.807) is 12.3 Å². The van der Waals surface area contributed by atoms with Crippen molar-refractivity contribution in [3.63, 3.8) is 0 Å². The van der Waals surface area contributed by atoms with Crippen molar-refractivity contribution in [2.45, 2.75) is 25.4 Å². The highest BCUT2D eigenvalue weighted by molar-refractivity contribution is 5.81. The van der Waals surface area contributed by atoms with Crippen LogP contribution < -0.4 is 5.56 Å². The van der Waals surface area contributed by atoms with Gasteiger partial charge in [-0.05, 0) is 24.5 Å². The lowest BCUT2D eigenvalue weighted by molar-refractivity contribution is -0.133. The maximum atomic E-state index is 12.8. The van der Waals surface area contributed by atoms with Crippen LogP contribution in [0.15, 0.2) is 65.6 Å². The Bertz CT molecular complexity index is 965. The quantitative estimate of drug-likeness (QED) is 0.740. The van der Waals surface area contributed by atoms with Crippen molar-refractivity contribution < 1.29 is 4.79 Å². The van der Waals surface area contributed by atoms with Crippen LogP contribution in [0.5, 0.6) is 0 Å². The van der Waals surface area contributed by atoms with Gasteiger partial charge < -0.3 is 4.90 Å².